The van der Waals surface area contributed by atoms with Gasteiger partial charge in [0.15, 0.2) is 0 Å². The van der Waals surface area contributed by atoms with Gasteiger partial charge in [0.2, 0.25) is 11.8 Å². The minimum Gasteiger partial charge on any atom is -0.340 e. The second-order valence-corrected chi connectivity index (χ2v) is 8.38. The number of nitrogens with zero attached hydrogens (tertiary/aromatic N) is 3. The Balaban J connectivity index is 1.57. The lowest BCUT2D eigenvalue weighted by Gasteiger charge is -2.36. The Morgan fingerprint density at radius 2 is 1.88 bits per heavy atom. The molecule has 142 valence electrons. The molecule has 0 unspecified atom stereocenters. The van der Waals surface area contributed by atoms with Crippen LogP contribution >= 0.6 is 35.0 Å². The van der Waals surface area contributed by atoms with Crippen LogP contribution in [0.4, 0.5) is 0 Å². The van der Waals surface area contributed by atoms with Crippen molar-refractivity contribution in [1.29, 1.82) is 0 Å². The third-order valence-electron chi connectivity index (χ3n) is 4.88. The highest BCUT2D eigenvalue weighted by atomic mass is 35.5. The van der Waals surface area contributed by atoms with Crippen molar-refractivity contribution in [1.82, 2.24) is 14.7 Å². The summed E-state index contributed by atoms with van der Waals surface area (Å²) in [4.78, 5) is 30.3. The van der Waals surface area contributed by atoms with Gasteiger partial charge in [0, 0.05) is 45.7 Å². The lowest BCUT2D eigenvalue weighted by molar-refractivity contribution is -0.132. The molecule has 5 nitrogen and oxygen atoms in total. The van der Waals surface area contributed by atoms with Crippen LogP contribution in [0, 0.1) is 0 Å². The predicted octanol–water partition coefficient (Wildman–Crippen LogP) is 3.12. The highest BCUT2D eigenvalue weighted by Gasteiger charge is 2.33. The minimum atomic E-state index is -0.0137. The van der Waals surface area contributed by atoms with Crippen molar-refractivity contribution in [3.63, 3.8) is 0 Å². The molecule has 2 aliphatic heterocycles. The van der Waals surface area contributed by atoms with E-state index >= 15 is 0 Å². The fourth-order valence-corrected chi connectivity index (χ4v) is 4.85. The van der Waals surface area contributed by atoms with Gasteiger partial charge in [-0.2, -0.15) is 0 Å². The van der Waals surface area contributed by atoms with E-state index in [1.807, 2.05) is 28.9 Å². The van der Waals surface area contributed by atoms with Crippen LogP contribution in [0.1, 0.15) is 24.3 Å². The van der Waals surface area contributed by atoms with E-state index < -0.39 is 0 Å². The minimum absolute atomic E-state index is 0.0137. The topological polar surface area (TPSA) is 43.9 Å². The van der Waals surface area contributed by atoms with E-state index in [9.17, 15) is 9.59 Å². The number of amides is 2. The average molecular weight is 416 g/mol. The maximum absolute atomic E-state index is 12.3. The summed E-state index contributed by atoms with van der Waals surface area (Å²) in [6, 6.07) is 5.57. The summed E-state index contributed by atoms with van der Waals surface area (Å²) < 4.78 is 0. The maximum atomic E-state index is 12.3. The normalized spacial score (nSPS) is 21.5. The van der Waals surface area contributed by atoms with E-state index in [1.54, 1.807) is 17.8 Å². The highest BCUT2D eigenvalue weighted by Crippen LogP contribution is 2.40. The monoisotopic (exact) mass is 415 g/mol. The van der Waals surface area contributed by atoms with Gasteiger partial charge in [-0.05, 0) is 17.7 Å². The molecule has 26 heavy (non-hydrogen) atoms. The Labute approximate surface area is 168 Å². The molecule has 0 aromatic heterocycles. The van der Waals surface area contributed by atoms with Crippen LogP contribution < -0.4 is 0 Å². The van der Waals surface area contributed by atoms with Crippen LogP contribution in [0.3, 0.4) is 0 Å². The third-order valence-corrected chi connectivity index (χ3v) is 6.88. The summed E-state index contributed by atoms with van der Waals surface area (Å²) in [6.07, 6.45) is 0.560. The average Bonchev–Trinajstić information content (AvgIpc) is 3.02. The molecule has 0 aliphatic carbocycles. The quantitative estimate of drug-likeness (QED) is 0.740. The largest absolute Gasteiger partial charge is 0.340 e. The Morgan fingerprint density at radius 1 is 1.15 bits per heavy atom. The van der Waals surface area contributed by atoms with Crippen LogP contribution in [-0.4, -0.2) is 71.5 Å². The molecular formula is C18H23Cl2N3O2S. The molecule has 3 rings (SSSR count). The molecule has 8 heteroatoms. The van der Waals surface area contributed by atoms with Crippen LogP contribution in [0.2, 0.25) is 10.0 Å². The van der Waals surface area contributed by atoms with E-state index in [-0.39, 0.29) is 17.2 Å². The van der Waals surface area contributed by atoms with Crippen LogP contribution in [-0.2, 0) is 9.59 Å². The van der Waals surface area contributed by atoms with Gasteiger partial charge in [-0.15, -0.1) is 11.8 Å². The van der Waals surface area contributed by atoms with E-state index in [1.165, 1.54) is 0 Å². The summed E-state index contributed by atoms with van der Waals surface area (Å²) in [5.74, 6) is 0.866. The molecular weight excluding hydrogens is 393 g/mol. The molecule has 2 aliphatic rings. The van der Waals surface area contributed by atoms with E-state index in [4.69, 9.17) is 23.2 Å². The van der Waals surface area contributed by atoms with Gasteiger partial charge in [0.25, 0.3) is 0 Å². The van der Waals surface area contributed by atoms with E-state index in [0.29, 0.717) is 28.8 Å². The zero-order valence-corrected chi connectivity index (χ0v) is 17.1. The van der Waals surface area contributed by atoms with Gasteiger partial charge in [-0.1, -0.05) is 36.2 Å². The number of hydrogen-bond donors (Lipinski definition) is 0. The smallest absolute Gasteiger partial charge is 0.233 e. The van der Waals surface area contributed by atoms with Crippen molar-refractivity contribution in [3.8, 4) is 0 Å². The van der Waals surface area contributed by atoms with Crippen LogP contribution in [0.15, 0.2) is 18.2 Å². The van der Waals surface area contributed by atoms with Crippen molar-refractivity contribution in [2.75, 3.05) is 45.0 Å². The molecule has 0 radical (unpaired) electrons. The summed E-state index contributed by atoms with van der Waals surface area (Å²) in [5, 5.41) is 1.02. The summed E-state index contributed by atoms with van der Waals surface area (Å²) in [5.41, 5.74) is 1.01. The van der Waals surface area contributed by atoms with Crippen LogP contribution in [0.5, 0.6) is 0 Å². The molecule has 1 atom stereocenters. The lowest BCUT2D eigenvalue weighted by atomic mass is 10.2. The van der Waals surface area contributed by atoms with Crippen molar-refractivity contribution in [3.05, 3.63) is 33.8 Å². The zero-order valence-electron chi connectivity index (χ0n) is 14.8. The van der Waals surface area contributed by atoms with Gasteiger partial charge < -0.3 is 9.80 Å². The predicted molar refractivity (Wildman–Crippen MR) is 107 cm³/mol. The summed E-state index contributed by atoms with van der Waals surface area (Å²) >= 11 is 13.8. The summed E-state index contributed by atoms with van der Waals surface area (Å²) in [6.45, 7) is 6.65. The third kappa shape index (κ3) is 4.47. The fraction of sp³-hybridized carbons (Fsp3) is 0.556. The Hall–Kier alpha value is -0.950. The number of thioether (sulfide) groups is 1. The number of carbonyl (C=O) groups is 2. The number of benzene rings is 1. The zero-order chi connectivity index (χ0) is 18.7. The van der Waals surface area contributed by atoms with Gasteiger partial charge in [-0.3, -0.25) is 14.5 Å². The van der Waals surface area contributed by atoms with Gasteiger partial charge in [0.05, 0.1) is 15.8 Å². The standard InChI is InChI=1S/C18H23Cl2N3O2S/c1-2-16(24)22-8-5-21(6-9-22)7-10-23-17(25)12-26-18(23)13-3-4-14(19)15(20)11-13/h3-4,11,18H,2,5-10,12H2,1H3/t18-/m1/s1. The first-order valence-corrected chi connectivity index (χ1v) is 10.7. The number of hydrogen-bond acceptors (Lipinski definition) is 4. The van der Waals surface area contributed by atoms with Crippen molar-refractivity contribution in [2.45, 2.75) is 18.7 Å². The molecule has 0 N–H and O–H groups in total. The molecule has 0 spiro atoms. The van der Waals surface area contributed by atoms with Crippen molar-refractivity contribution < 1.29 is 9.59 Å². The Kier molecular flexibility index (Phi) is 6.72. The first-order chi connectivity index (χ1) is 12.5. The first-order valence-electron chi connectivity index (χ1n) is 8.85. The van der Waals surface area contributed by atoms with Gasteiger partial charge >= 0.3 is 0 Å². The molecule has 0 saturated carbocycles. The number of carbonyl (C=O) groups excluding carboxylic acids is 2. The molecule has 0 bridgehead atoms. The number of piperazine rings is 1. The molecule has 2 heterocycles. The molecule has 1 aromatic rings. The first kappa shape index (κ1) is 19.8. The molecule has 2 fully saturated rings. The Morgan fingerprint density at radius 3 is 2.54 bits per heavy atom. The lowest BCUT2D eigenvalue weighted by Crippen LogP contribution is -2.50. The van der Waals surface area contributed by atoms with E-state index in [2.05, 4.69) is 4.90 Å². The van der Waals surface area contributed by atoms with Crippen molar-refractivity contribution in [2.24, 2.45) is 0 Å². The summed E-state index contributed by atoms with van der Waals surface area (Å²) in [7, 11) is 0. The van der Waals surface area contributed by atoms with Gasteiger partial charge in [-0.25, -0.2) is 0 Å². The number of halogens is 2. The second kappa shape index (κ2) is 8.83. The molecule has 2 saturated heterocycles. The van der Waals surface area contributed by atoms with E-state index in [0.717, 1.165) is 38.3 Å². The number of rotatable bonds is 5. The van der Waals surface area contributed by atoms with Crippen molar-refractivity contribution >= 4 is 46.8 Å². The SMILES string of the molecule is CCC(=O)N1CCN(CCN2C(=O)CS[C@@H]2c2ccc(Cl)c(Cl)c2)CC1. The Bertz CT molecular complexity index is 680. The second-order valence-electron chi connectivity index (χ2n) is 6.50. The van der Waals surface area contributed by atoms with Gasteiger partial charge in [0.1, 0.15) is 5.37 Å². The molecule has 2 amide bonds. The molecule has 1 aromatic carbocycles. The fourth-order valence-electron chi connectivity index (χ4n) is 3.33. The highest BCUT2D eigenvalue weighted by molar-refractivity contribution is 8.00. The van der Waals surface area contributed by atoms with Crippen LogP contribution in [0.25, 0.3) is 0 Å². The maximum Gasteiger partial charge on any atom is 0.233 e.